The van der Waals surface area contributed by atoms with E-state index < -0.39 is 9.73 Å². The van der Waals surface area contributed by atoms with E-state index in [1.165, 1.54) is 17.3 Å². The molecular formula is C24H24N8OS. The second kappa shape index (κ2) is 8.52. The summed E-state index contributed by atoms with van der Waals surface area (Å²) in [7, 11) is -0.236. The first-order valence-electron chi connectivity index (χ1n) is 10.8. The van der Waals surface area contributed by atoms with Crippen LogP contribution in [0.4, 0.5) is 17.3 Å². The van der Waals surface area contributed by atoms with Gasteiger partial charge in [0, 0.05) is 41.0 Å². The van der Waals surface area contributed by atoms with Crippen molar-refractivity contribution in [3.63, 3.8) is 0 Å². The Hall–Kier alpha value is -3.81. The maximum absolute atomic E-state index is 12.2. The van der Waals surface area contributed by atoms with Crippen LogP contribution in [-0.4, -0.2) is 54.7 Å². The lowest BCUT2D eigenvalue weighted by atomic mass is 9.99. The summed E-state index contributed by atoms with van der Waals surface area (Å²) in [5.74, 6) is 0.789. The van der Waals surface area contributed by atoms with E-state index in [0.29, 0.717) is 34.1 Å². The minimum Gasteiger partial charge on any atom is -0.324 e. The molecule has 0 saturated carbocycles. The van der Waals surface area contributed by atoms with Gasteiger partial charge in [-0.2, -0.15) is 14.6 Å². The highest BCUT2D eigenvalue weighted by atomic mass is 32.2. The van der Waals surface area contributed by atoms with Gasteiger partial charge in [0.15, 0.2) is 5.82 Å². The zero-order chi connectivity index (χ0) is 23.9. The third-order valence-electron chi connectivity index (χ3n) is 5.66. The average molecular weight is 473 g/mol. The molecule has 4 aromatic rings. The molecule has 3 heterocycles. The standard InChI is InChI=1S/C24H24N8OS/c1-31-10-9-16-7-8-19(11-17(16)14-31)28-24-26-13-18(12-25)23(29-24)32-15-27-22-20(30-34(2,3)33)5-4-6-21(22)32/h4-8,11,13,15H,9-10,14H2,1-3H3,(H,26,28,29). The smallest absolute Gasteiger partial charge is 0.229 e. The predicted octanol–water partition coefficient (Wildman–Crippen LogP) is 3.78. The Bertz CT molecular complexity index is 1570. The third kappa shape index (κ3) is 4.35. The van der Waals surface area contributed by atoms with Crippen molar-refractivity contribution in [3.05, 3.63) is 65.6 Å². The van der Waals surface area contributed by atoms with E-state index >= 15 is 0 Å². The van der Waals surface area contributed by atoms with Crippen molar-refractivity contribution < 1.29 is 4.21 Å². The molecule has 0 fully saturated rings. The number of rotatable bonds is 4. The molecule has 0 bridgehead atoms. The topological polar surface area (TPSA) is 112 Å². The van der Waals surface area contributed by atoms with Crippen molar-refractivity contribution in [2.75, 3.05) is 31.4 Å². The molecule has 0 radical (unpaired) electrons. The summed E-state index contributed by atoms with van der Waals surface area (Å²) in [6, 6.07) is 13.9. The highest BCUT2D eigenvalue weighted by Crippen LogP contribution is 2.29. The Morgan fingerprint density at radius 1 is 1.18 bits per heavy atom. The van der Waals surface area contributed by atoms with Crippen molar-refractivity contribution in [1.82, 2.24) is 24.4 Å². The van der Waals surface area contributed by atoms with Crippen LogP contribution < -0.4 is 5.32 Å². The largest absolute Gasteiger partial charge is 0.324 e. The zero-order valence-corrected chi connectivity index (χ0v) is 20.0. The van der Waals surface area contributed by atoms with Crippen molar-refractivity contribution in [1.29, 1.82) is 5.26 Å². The van der Waals surface area contributed by atoms with E-state index in [9.17, 15) is 9.47 Å². The first-order chi connectivity index (χ1) is 16.3. The van der Waals surface area contributed by atoms with Crippen LogP contribution in [0.1, 0.15) is 16.7 Å². The Morgan fingerprint density at radius 2 is 2.03 bits per heavy atom. The molecule has 1 aliphatic rings. The van der Waals surface area contributed by atoms with Crippen LogP contribution >= 0.6 is 0 Å². The van der Waals surface area contributed by atoms with Crippen molar-refractivity contribution in [2.45, 2.75) is 13.0 Å². The van der Waals surface area contributed by atoms with E-state index in [1.54, 1.807) is 29.5 Å². The van der Waals surface area contributed by atoms with Gasteiger partial charge in [0.05, 0.1) is 11.7 Å². The predicted molar refractivity (Wildman–Crippen MR) is 133 cm³/mol. The highest BCUT2D eigenvalue weighted by molar-refractivity contribution is 7.92. The molecule has 0 spiro atoms. The number of para-hydroxylation sites is 1. The van der Waals surface area contributed by atoms with Crippen LogP contribution in [0.2, 0.25) is 0 Å². The number of anilines is 2. The maximum atomic E-state index is 12.2. The van der Waals surface area contributed by atoms with Crippen molar-refractivity contribution in [3.8, 4) is 11.9 Å². The van der Waals surface area contributed by atoms with Gasteiger partial charge in [-0.3, -0.25) is 4.57 Å². The van der Waals surface area contributed by atoms with E-state index in [2.05, 4.69) is 54.8 Å². The molecule has 2 aromatic carbocycles. The van der Waals surface area contributed by atoms with Gasteiger partial charge in [0.25, 0.3) is 0 Å². The second-order valence-electron chi connectivity index (χ2n) is 8.67. The van der Waals surface area contributed by atoms with E-state index in [1.807, 2.05) is 18.2 Å². The highest BCUT2D eigenvalue weighted by Gasteiger charge is 2.16. The molecule has 0 unspecified atom stereocenters. The molecule has 0 atom stereocenters. The Balaban J connectivity index is 1.55. The third-order valence-corrected chi connectivity index (χ3v) is 6.29. The Morgan fingerprint density at radius 3 is 2.82 bits per heavy atom. The van der Waals surface area contributed by atoms with Gasteiger partial charge >= 0.3 is 0 Å². The summed E-state index contributed by atoms with van der Waals surface area (Å²) in [6.07, 6.45) is 7.30. The van der Waals surface area contributed by atoms with Crippen LogP contribution in [0, 0.1) is 11.3 Å². The number of imidazole rings is 1. The Kier molecular flexibility index (Phi) is 5.51. The maximum Gasteiger partial charge on any atom is 0.229 e. The lowest BCUT2D eigenvalue weighted by Crippen LogP contribution is -2.26. The lowest BCUT2D eigenvalue weighted by molar-refractivity contribution is 0.313. The van der Waals surface area contributed by atoms with Gasteiger partial charge in [-0.1, -0.05) is 12.1 Å². The molecule has 2 aromatic heterocycles. The molecule has 10 heteroatoms. The van der Waals surface area contributed by atoms with E-state index in [0.717, 1.165) is 25.2 Å². The van der Waals surface area contributed by atoms with Gasteiger partial charge in [-0.15, -0.1) is 0 Å². The molecule has 1 aliphatic heterocycles. The molecule has 1 N–H and O–H groups in total. The first-order valence-corrected chi connectivity index (χ1v) is 13.1. The molecule has 0 aliphatic carbocycles. The average Bonchev–Trinajstić information content (AvgIpc) is 3.23. The summed E-state index contributed by atoms with van der Waals surface area (Å²) in [5.41, 5.74) is 5.69. The number of hydrogen-bond donors (Lipinski definition) is 1. The van der Waals surface area contributed by atoms with Crippen LogP contribution in [0.5, 0.6) is 0 Å². The summed E-state index contributed by atoms with van der Waals surface area (Å²) >= 11 is 0. The van der Waals surface area contributed by atoms with Gasteiger partial charge in [-0.05, 0) is 48.9 Å². The number of nitriles is 1. The molecule has 172 valence electrons. The fourth-order valence-electron chi connectivity index (χ4n) is 4.10. The first kappa shape index (κ1) is 22.0. The van der Waals surface area contributed by atoms with E-state index in [-0.39, 0.29) is 0 Å². The lowest BCUT2D eigenvalue weighted by Gasteiger charge is -2.25. The van der Waals surface area contributed by atoms with Crippen LogP contribution in [-0.2, 0) is 22.7 Å². The molecule has 0 amide bonds. The van der Waals surface area contributed by atoms with Crippen LogP contribution in [0.15, 0.2) is 53.3 Å². The number of fused-ring (bicyclic) bond motifs is 2. The molecule has 0 saturated heterocycles. The summed E-state index contributed by atoms with van der Waals surface area (Å²) in [4.78, 5) is 15.8. The van der Waals surface area contributed by atoms with Crippen LogP contribution in [0.25, 0.3) is 16.9 Å². The van der Waals surface area contributed by atoms with Gasteiger partial charge in [-0.25, -0.2) is 14.2 Å². The number of hydrogen-bond acceptors (Lipinski definition) is 8. The zero-order valence-electron chi connectivity index (χ0n) is 19.2. The monoisotopic (exact) mass is 472 g/mol. The summed E-state index contributed by atoms with van der Waals surface area (Å²) < 4.78 is 18.3. The number of benzene rings is 2. The minimum atomic E-state index is -2.35. The number of nitrogens with one attached hydrogen (secondary N) is 1. The number of nitrogens with zero attached hydrogens (tertiary/aromatic N) is 7. The number of aromatic nitrogens is 4. The minimum absolute atomic E-state index is 0.314. The number of likely N-dealkylation sites (N-methyl/N-ethyl adjacent to an activating group) is 1. The molecule has 5 rings (SSSR count). The fourth-order valence-corrected chi connectivity index (χ4v) is 4.72. The van der Waals surface area contributed by atoms with Crippen molar-refractivity contribution >= 4 is 38.1 Å². The fraction of sp³-hybridized carbons (Fsp3) is 0.250. The van der Waals surface area contributed by atoms with Gasteiger partial charge in [0.2, 0.25) is 5.95 Å². The van der Waals surface area contributed by atoms with E-state index in [4.69, 9.17) is 0 Å². The summed E-state index contributed by atoms with van der Waals surface area (Å²) in [5, 5.41) is 13.0. The van der Waals surface area contributed by atoms with Gasteiger partial charge < -0.3 is 10.2 Å². The second-order valence-corrected chi connectivity index (χ2v) is 11.2. The van der Waals surface area contributed by atoms with Crippen molar-refractivity contribution in [2.24, 2.45) is 4.36 Å². The molecular weight excluding hydrogens is 448 g/mol. The summed E-state index contributed by atoms with van der Waals surface area (Å²) in [6.45, 7) is 1.96. The SMILES string of the molecule is CN1CCc2ccc(Nc3ncc(C#N)c(-n4cnc5c(N=S(C)(C)=O)cccc54)n3)cc2C1. The molecule has 34 heavy (non-hydrogen) atoms. The van der Waals surface area contributed by atoms with Crippen LogP contribution in [0.3, 0.4) is 0 Å². The Labute approximate surface area is 198 Å². The molecule has 9 nitrogen and oxygen atoms in total. The van der Waals surface area contributed by atoms with Gasteiger partial charge in [0.1, 0.15) is 29.2 Å². The normalized spacial score (nSPS) is 13.9. The quantitative estimate of drug-likeness (QED) is 0.481.